The standard InChI is InChI=1S/C11H24N4O3S/c12-3-6-14-4-1-11(2-5-14)13-19(16,17)15-7-9-18-10-8-15/h11,13H,1-10,12H2. The van der Waals surface area contributed by atoms with Crippen LogP contribution in [-0.2, 0) is 14.9 Å². The highest BCUT2D eigenvalue weighted by Gasteiger charge is 2.28. The maximum atomic E-state index is 12.2. The molecule has 2 saturated heterocycles. The zero-order valence-electron chi connectivity index (χ0n) is 11.3. The molecule has 2 fully saturated rings. The number of hydrogen-bond donors (Lipinski definition) is 2. The molecule has 2 rings (SSSR count). The van der Waals surface area contributed by atoms with Crippen LogP contribution in [0.25, 0.3) is 0 Å². The topological polar surface area (TPSA) is 87.9 Å². The third-order valence-electron chi connectivity index (χ3n) is 3.66. The van der Waals surface area contributed by atoms with Crippen LogP contribution in [0.4, 0.5) is 0 Å². The van der Waals surface area contributed by atoms with Gasteiger partial charge in [-0.3, -0.25) is 0 Å². The Morgan fingerprint density at radius 3 is 2.37 bits per heavy atom. The molecule has 19 heavy (non-hydrogen) atoms. The molecule has 0 atom stereocenters. The molecule has 2 aliphatic rings. The van der Waals surface area contributed by atoms with E-state index in [2.05, 4.69) is 9.62 Å². The number of rotatable bonds is 5. The highest BCUT2D eigenvalue weighted by Crippen LogP contribution is 2.12. The van der Waals surface area contributed by atoms with Crippen LogP contribution in [0, 0.1) is 0 Å². The number of morpholine rings is 1. The van der Waals surface area contributed by atoms with Crippen molar-refractivity contribution < 1.29 is 13.2 Å². The van der Waals surface area contributed by atoms with Crippen LogP contribution in [-0.4, -0.2) is 76.1 Å². The minimum absolute atomic E-state index is 0.0434. The van der Waals surface area contributed by atoms with Crippen molar-refractivity contribution in [2.45, 2.75) is 18.9 Å². The molecule has 0 saturated carbocycles. The number of piperidine rings is 1. The third-order valence-corrected chi connectivity index (χ3v) is 5.33. The van der Waals surface area contributed by atoms with Crippen LogP contribution >= 0.6 is 0 Å². The number of nitrogens with one attached hydrogen (secondary N) is 1. The molecule has 8 heteroatoms. The van der Waals surface area contributed by atoms with Gasteiger partial charge in [0.15, 0.2) is 0 Å². The fourth-order valence-electron chi connectivity index (χ4n) is 2.53. The molecule has 112 valence electrons. The molecule has 0 unspecified atom stereocenters. The van der Waals surface area contributed by atoms with E-state index < -0.39 is 10.2 Å². The van der Waals surface area contributed by atoms with Gasteiger partial charge in [0.1, 0.15) is 0 Å². The van der Waals surface area contributed by atoms with E-state index in [-0.39, 0.29) is 6.04 Å². The van der Waals surface area contributed by atoms with Crippen molar-refractivity contribution >= 4 is 10.2 Å². The summed E-state index contributed by atoms with van der Waals surface area (Å²) in [6.07, 6.45) is 1.70. The summed E-state index contributed by atoms with van der Waals surface area (Å²) in [7, 11) is -3.35. The van der Waals surface area contributed by atoms with Gasteiger partial charge in [-0.2, -0.15) is 17.4 Å². The summed E-state index contributed by atoms with van der Waals surface area (Å²) >= 11 is 0. The Balaban J connectivity index is 1.80. The van der Waals surface area contributed by atoms with Gasteiger partial charge in [-0.25, -0.2) is 0 Å². The van der Waals surface area contributed by atoms with E-state index in [1.54, 1.807) is 0 Å². The quantitative estimate of drug-likeness (QED) is 0.649. The number of nitrogens with zero attached hydrogens (tertiary/aromatic N) is 2. The Bertz CT molecular complexity index is 362. The van der Waals surface area contributed by atoms with Crippen molar-refractivity contribution in [2.75, 3.05) is 52.5 Å². The predicted molar refractivity (Wildman–Crippen MR) is 73.0 cm³/mol. The number of hydrogen-bond acceptors (Lipinski definition) is 5. The second kappa shape index (κ2) is 6.96. The van der Waals surface area contributed by atoms with E-state index in [9.17, 15) is 8.42 Å². The van der Waals surface area contributed by atoms with Gasteiger partial charge in [0.05, 0.1) is 13.2 Å². The summed E-state index contributed by atoms with van der Waals surface area (Å²) in [6, 6.07) is 0.0434. The smallest absolute Gasteiger partial charge is 0.279 e. The molecule has 0 bridgehead atoms. The van der Waals surface area contributed by atoms with Crippen molar-refractivity contribution in [1.29, 1.82) is 0 Å². The van der Waals surface area contributed by atoms with E-state index in [0.717, 1.165) is 32.5 Å². The van der Waals surface area contributed by atoms with Gasteiger partial charge >= 0.3 is 0 Å². The molecule has 2 heterocycles. The molecule has 2 aliphatic heterocycles. The molecule has 0 aliphatic carbocycles. The molecule has 0 aromatic rings. The van der Waals surface area contributed by atoms with Crippen LogP contribution in [0.3, 0.4) is 0 Å². The summed E-state index contributed by atoms with van der Waals surface area (Å²) in [5.74, 6) is 0. The number of likely N-dealkylation sites (tertiary alicyclic amines) is 1. The Labute approximate surface area is 115 Å². The first-order chi connectivity index (χ1) is 9.12. The number of nitrogens with two attached hydrogens (primary N) is 1. The summed E-state index contributed by atoms with van der Waals surface area (Å²) in [5, 5.41) is 0. The van der Waals surface area contributed by atoms with E-state index in [0.29, 0.717) is 32.8 Å². The zero-order chi connectivity index (χ0) is 13.7. The Morgan fingerprint density at radius 2 is 1.79 bits per heavy atom. The van der Waals surface area contributed by atoms with Crippen LogP contribution in [0.2, 0.25) is 0 Å². The van der Waals surface area contributed by atoms with E-state index in [4.69, 9.17) is 10.5 Å². The molecule has 0 spiro atoms. The van der Waals surface area contributed by atoms with Crippen LogP contribution in [0.5, 0.6) is 0 Å². The maximum Gasteiger partial charge on any atom is 0.279 e. The van der Waals surface area contributed by atoms with Crippen molar-refractivity contribution in [3.8, 4) is 0 Å². The van der Waals surface area contributed by atoms with Crippen LogP contribution < -0.4 is 10.5 Å². The lowest BCUT2D eigenvalue weighted by Crippen LogP contribution is -2.52. The summed E-state index contributed by atoms with van der Waals surface area (Å²) in [4.78, 5) is 2.28. The lowest BCUT2D eigenvalue weighted by molar-refractivity contribution is 0.0720. The lowest BCUT2D eigenvalue weighted by Gasteiger charge is -2.34. The highest BCUT2D eigenvalue weighted by atomic mass is 32.2. The molecule has 0 amide bonds. The van der Waals surface area contributed by atoms with E-state index >= 15 is 0 Å². The molecule has 7 nitrogen and oxygen atoms in total. The van der Waals surface area contributed by atoms with Crippen molar-refractivity contribution in [2.24, 2.45) is 5.73 Å². The van der Waals surface area contributed by atoms with Gasteiger partial charge in [0.25, 0.3) is 10.2 Å². The van der Waals surface area contributed by atoms with E-state index in [1.807, 2.05) is 0 Å². The molecular weight excluding hydrogens is 268 g/mol. The minimum Gasteiger partial charge on any atom is -0.379 e. The molecule has 3 N–H and O–H groups in total. The fraction of sp³-hybridized carbons (Fsp3) is 1.00. The SMILES string of the molecule is NCCN1CCC(NS(=O)(=O)N2CCOCC2)CC1. The average Bonchev–Trinajstić information content (AvgIpc) is 2.42. The Kier molecular flexibility index (Phi) is 5.55. The predicted octanol–water partition coefficient (Wildman–Crippen LogP) is -1.42. The number of ether oxygens (including phenoxy) is 1. The van der Waals surface area contributed by atoms with Gasteiger partial charge in [-0.15, -0.1) is 0 Å². The Morgan fingerprint density at radius 1 is 1.16 bits per heavy atom. The molecule has 0 aromatic carbocycles. The normalized spacial score (nSPS) is 24.7. The largest absolute Gasteiger partial charge is 0.379 e. The minimum atomic E-state index is -3.35. The zero-order valence-corrected chi connectivity index (χ0v) is 12.1. The average molecular weight is 292 g/mol. The first-order valence-electron chi connectivity index (χ1n) is 6.89. The summed E-state index contributed by atoms with van der Waals surface area (Å²) in [6.45, 7) is 5.22. The second-order valence-corrected chi connectivity index (χ2v) is 6.74. The van der Waals surface area contributed by atoms with Crippen molar-refractivity contribution in [1.82, 2.24) is 13.9 Å². The molecular formula is C11H24N4O3S. The summed E-state index contributed by atoms with van der Waals surface area (Å²) < 4.78 is 33.8. The highest BCUT2D eigenvalue weighted by molar-refractivity contribution is 7.87. The van der Waals surface area contributed by atoms with Crippen molar-refractivity contribution in [3.05, 3.63) is 0 Å². The van der Waals surface area contributed by atoms with Gasteiger partial charge in [-0.1, -0.05) is 0 Å². The lowest BCUT2D eigenvalue weighted by atomic mass is 10.1. The molecule has 0 radical (unpaired) electrons. The molecule has 0 aromatic heterocycles. The first kappa shape index (κ1) is 15.1. The van der Waals surface area contributed by atoms with Crippen LogP contribution in [0.1, 0.15) is 12.8 Å². The fourth-order valence-corrected chi connectivity index (χ4v) is 3.96. The second-order valence-electron chi connectivity index (χ2n) is 5.04. The van der Waals surface area contributed by atoms with Gasteiger partial charge in [0.2, 0.25) is 0 Å². The maximum absolute atomic E-state index is 12.2. The third kappa shape index (κ3) is 4.37. The van der Waals surface area contributed by atoms with Gasteiger partial charge in [0, 0.05) is 32.2 Å². The Hall–Kier alpha value is -0.250. The first-order valence-corrected chi connectivity index (χ1v) is 8.33. The summed E-state index contributed by atoms with van der Waals surface area (Å²) in [5.41, 5.74) is 5.52. The van der Waals surface area contributed by atoms with E-state index in [1.165, 1.54) is 4.31 Å². The van der Waals surface area contributed by atoms with Crippen molar-refractivity contribution in [3.63, 3.8) is 0 Å². The van der Waals surface area contributed by atoms with Gasteiger partial charge in [-0.05, 0) is 25.9 Å². The van der Waals surface area contributed by atoms with Crippen LogP contribution in [0.15, 0.2) is 0 Å². The monoisotopic (exact) mass is 292 g/mol. The van der Waals surface area contributed by atoms with Gasteiger partial charge < -0.3 is 15.4 Å².